The Hall–Kier alpha value is -0.540. The maximum atomic E-state index is 6.04. The van der Waals surface area contributed by atoms with Gasteiger partial charge in [0.1, 0.15) is 5.75 Å². The fourth-order valence-electron chi connectivity index (χ4n) is 1.64. The molecule has 0 unspecified atom stereocenters. The van der Waals surface area contributed by atoms with Gasteiger partial charge in [0.2, 0.25) is 0 Å². The topological polar surface area (TPSA) is 21.3 Å². The number of hydrogen-bond acceptors (Lipinski definition) is 3. The standard InChI is InChI=1S/C11H14ClNOS/c1-14-11-3-2-8(6-10(11)12)13-9-4-5-15-7-9/h2-3,6,9,13H,4-5,7H2,1H3/t9-/m1/s1. The minimum atomic E-state index is 0.583. The Labute approximate surface area is 99.3 Å². The minimum Gasteiger partial charge on any atom is -0.495 e. The minimum absolute atomic E-state index is 0.583. The molecular formula is C11H14ClNOS. The molecule has 1 aromatic carbocycles. The second-order valence-corrected chi connectivity index (χ2v) is 5.11. The van der Waals surface area contributed by atoms with Crippen LogP contribution < -0.4 is 10.1 Å². The smallest absolute Gasteiger partial charge is 0.137 e. The number of ether oxygens (including phenoxy) is 1. The molecule has 15 heavy (non-hydrogen) atoms. The summed E-state index contributed by atoms with van der Waals surface area (Å²) in [5, 5.41) is 4.13. The molecule has 2 nitrogen and oxygen atoms in total. The predicted octanol–water partition coefficient (Wildman–Crippen LogP) is 3.27. The quantitative estimate of drug-likeness (QED) is 0.881. The molecule has 0 bridgehead atoms. The number of hydrogen-bond donors (Lipinski definition) is 1. The first-order chi connectivity index (χ1) is 7.29. The van der Waals surface area contributed by atoms with E-state index in [1.54, 1.807) is 7.11 Å². The first-order valence-electron chi connectivity index (χ1n) is 4.97. The molecular weight excluding hydrogens is 230 g/mol. The van der Waals surface area contributed by atoms with Crippen molar-refractivity contribution in [2.24, 2.45) is 0 Å². The van der Waals surface area contributed by atoms with Crippen molar-refractivity contribution in [1.82, 2.24) is 0 Å². The predicted molar refractivity (Wildman–Crippen MR) is 67.4 cm³/mol. The number of thioether (sulfide) groups is 1. The highest BCUT2D eigenvalue weighted by molar-refractivity contribution is 7.99. The van der Waals surface area contributed by atoms with Gasteiger partial charge in [0.15, 0.2) is 0 Å². The van der Waals surface area contributed by atoms with Gasteiger partial charge in [0, 0.05) is 17.5 Å². The Bertz CT molecular complexity index is 339. The SMILES string of the molecule is COc1ccc(N[C@@H]2CCSC2)cc1Cl. The molecule has 0 spiro atoms. The fourth-order valence-corrected chi connectivity index (χ4v) is 3.05. The van der Waals surface area contributed by atoms with E-state index in [1.165, 1.54) is 17.9 Å². The third-order valence-electron chi connectivity index (χ3n) is 2.45. The van der Waals surface area contributed by atoms with Crippen molar-refractivity contribution in [3.63, 3.8) is 0 Å². The van der Waals surface area contributed by atoms with Crippen LogP contribution in [0.1, 0.15) is 6.42 Å². The molecule has 2 rings (SSSR count). The molecule has 1 fully saturated rings. The number of methoxy groups -OCH3 is 1. The van der Waals surface area contributed by atoms with Crippen LogP contribution in [0.15, 0.2) is 18.2 Å². The molecule has 4 heteroatoms. The highest BCUT2D eigenvalue weighted by Crippen LogP contribution is 2.29. The van der Waals surface area contributed by atoms with Crippen molar-refractivity contribution < 1.29 is 4.74 Å². The lowest BCUT2D eigenvalue weighted by Gasteiger charge is -2.13. The maximum Gasteiger partial charge on any atom is 0.137 e. The molecule has 1 aromatic rings. The largest absolute Gasteiger partial charge is 0.495 e. The van der Waals surface area contributed by atoms with Gasteiger partial charge < -0.3 is 10.1 Å². The summed E-state index contributed by atoms with van der Waals surface area (Å²) in [7, 11) is 1.63. The van der Waals surface area contributed by atoms with E-state index in [2.05, 4.69) is 5.32 Å². The van der Waals surface area contributed by atoms with Crippen molar-refractivity contribution in [2.45, 2.75) is 12.5 Å². The fraction of sp³-hybridized carbons (Fsp3) is 0.455. The zero-order valence-corrected chi connectivity index (χ0v) is 10.2. The molecule has 0 aliphatic carbocycles. The zero-order valence-electron chi connectivity index (χ0n) is 8.63. The number of benzene rings is 1. The summed E-state index contributed by atoms with van der Waals surface area (Å²) in [5.41, 5.74) is 1.08. The maximum absolute atomic E-state index is 6.04. The molecule has 1 aliphatic heterocycles. The lowest BCUT2D eigenvalue weighted by Crippen LogP contribution is -2.17. The van der Waals surface area contributed by atoms with Crippen molar-refractivity contribution in [2.75, 3.05) is 23.9 Å². The summed E-state index contributed by atoms with van der Waals surface area (Å²) in [5.74, 6) is 3.16. The van der Waals surface area contributed by atoms with Gasteiger partial charge in [-0.05, 0) is 30.4 Å². The molecule has 1 atom stereocenters. The van der Waals surface area contributed by atoms with Gasteiger partial charge in [0.05, 0.1) is 12.1 Å². The van der Waals surface area contributed by atoms with Gasteiger partial charge >= 0.3 is 0 Å². The van der Waals surface area contributed by atoms with Crippen LogP contribution in [0.5, 0.6) is 5.75 Å². The van der Waals surface area contributed by atoms with Crippen molar-refractivity contribution in [1.29, 1.82) is 0 Å². The average molecular weight is 244 g/mol. The normalized spacial score (nSPS) is 20.3. The Balaban J connectivity index is 2.05. The highest BCUT2D eigenvalue weighted by atomic mass is 35.5. The lowest BCUT2D eigenvalue weighted by atomic mass is 10.2. The highest BCUT2D eigenvalue weighted by Gasteiger charge is 2.15. The van der Waals surface area contributed by atoms with Crippen molar-refractivity contribution in [3.05, 3.63) is 23.2 Å². The van der Waals surface area contributed by atoms with Gasteiger partial charge in [-0.15, -0.1) is 0 Å². The van der Waals surface area contributed by atoms with Crippen LogP contribution in [0.4, 0.5) is 5.69 Å². The summed E-state index contributed by atoms with van der Waals surface area (Å²) in [6.45, 7) is 0. The van der Waals surface area contributed by atoms with Gasteiger partial charge in [-0.3, -0.25) is 0 Å². The summed E-state index contributed by atoms with van der Waals surface area (Å²) < 4.78 is 5.11. The second-order valence-electron chi connectivity index (χ2n) is 3.55. The van der Waals surface area contributed by atoms with Crippen LogP contribution in [0, 0.1) is 0 Å². The molecule has 1 aliphatic rings. The average Bonchev–Trinajstić information content (AvgIpc) is 2.71. The summed E-state index contributed by atoms with van der Waals surface area (Å²) in [6, 6.07) is 6.41. The Morgan fingerprint density at radius 1 is 1.53 bits per heavy atom. The molecule has 0 aromatic heterocycles. The molecule has 0 saturated carbocycles. The Morgan fingerprint density at radius 2 is 2.40 bits per heavy atom. The lowest BCUT2D eigenvalue weighted by molar-refractivity contribution is 0.415. The third kappa shape index (κ3) is 2.73. The van der Waals surface area contributed by atoms with E-state index in [0.29, 0.717) is 11.1 Å². The Kier molecular flexibility index (Phi) is 3.65. The van der Waals surface area contributed by atoms with Gasteiger partial charge in [0.25, 0.3) is 0 Å². The Morgan fingerprint density at radius 3 is 3.00 bits per heavy atom. The van der Waals surface area contributed by atoms with E-state index < -0.39 is 0 Å². The van der Waals surface area contributed by atoms with Gasteiger partial charge in [-0.2, -0.15) is 11.8 Å². The van der Waals surface area contributed by atoms with E-state index in [-0.39, 0.29) is 0 Å². The molecule has 1 saturated heterocycles. The van der Waals surface area contributed by atoms with E-state index in [9.17, 15) is 0 Å². The van der Waals surface area contributed by atoms with Crippen LogP contribution in [-0.2, 0) is 0 Å². The number of rotatable bonds is 3. The monoisotopic (exact) mass is 243 g/mol. The number of anilines is 1. The third-order valence-corrected chi connectivity index (χ3v) is 3.91. The summed E-state index contributed by atoms with van der Waals surface area (Å²) in [4.78, 5) is 0. The van der Waals surface area contributed by atoms with E-state index in [0.717, 1.165) is 11.4 Å². The number of nitrogens with one attached hydrogen (secondary N) is 1. The summed E-state index contributed by atoms with van der Waals surface area (Å²) in [6.07, 6.45) is 1.23. The van der Waals surface area contributed by atoms with Gasteiger partial charge in [-0.1, -0.05) is 11.6 Å². The van der Waals surface area contributed by atoms with Gasteiger partial charge in [-0.25, -0.2) is 0 Å². The van der Waals surface area contributed by atoms with Crippen LogP contribution in [0.25, 0.3) is 0 Å². The van der Waals surface area contributed by atoms with Crippen molar-refractivity contribution in [3.8, 4) is 5.75 Å². The van der Waals surface area contributed by atoms with Crippen molar-refractivity contribution >= 4 is 29.1 Å². The molecule has 0 amide bonds. The molecule has 82 valence electrons. The van der Waals surface area contributed by atoms with Crippen LogP contribution >= 0.6 is 23.4 Å². The van der Waals surface area contributed by atoms with Crippen LogP contribution in [0.2, 0.25) is 5.02 Å². The molecule has 1 N–H and O–H groups in total. The van der Waals surface area contributed by atoms with E-state index in [4.69, 9.17) is 16.3 Å². The van der Waals surface area contributed by atoms with E-state index >= 15 is 0 Å². The van der Waals surface area contributed by atoms with Crippen LogP contribution in [-0.4, -0.2) is 24.7 Å². The molecule has 1 heterocycles. The first-order valence-corrected chi connectivity index (χ1v) is 6.50. The van der Waals surface area contributed by atoms with Crippen LogP contribution in [0.3, 0.4) is 0 Å². The second kappa shape index (κ2) is 4.99. The summed E-state index contributed by atoms with van der Waals surface area (Å²) >= 11 is 8.04. The first kappa shape index (κ1) is 11.0. The molecule has 0 radical (unpaired) electrons. The van der Waals surface area contributed by atoms with E-state index in [1.807, 2.05) is 30.0 Å². The zero-order chi connectivity index (χ0) is 10.7. The number of halogens is 1.